The van der Waals surface area contributed by atoms with Crippen LogP contribution in [0.15, 0.2) is 89.5 Å². The monoisotopic (exact) mass is 381 g/mol. The SMILES string of the molecule is c1ccc(Cc2noc(CN3Cc4ccccc4C(c4ccccc4)C3)n2)cc1. The van der Waals surface area contributed by atoms with E-state index in [0.29, 0.717) is 24.8 Å². The van der Waals surface area contributed by atoms with E-state index in [2.05, 4.69) is 81.8 Å². The molecule has 0 N–H and O–H groups in total. The van der Waals surface area contributed by atoms with E-state index in [0.717, 1.165) is 18.9 Å². The second-order valence-corrected chi connectivity index (χ2v) is 7.60. The normalized spacial score (nSPS) is 16.5. The molecule has 3 aromatic carbocycles. The second kappa shape index (κ2) is 8.02. The Kier molecular flexibility index (Phi) is 4.93. The van der Waals surface area contributed by atoms with Gasteiger partial charge in [-0.15, -0.1) is 0 Å². The van der Waals surface area contributed by atoms with Gasteiger partial charge in [0.15, 0.2) is 5.82 Å². The smallest absolute Gasteiger partial charge is 0.240 e. The fourth-order valence-electron chi connectivity index (χ4n) is 4.17. The van der Waals surface area contributed by atoms with Crippen molar-refractivity contribution in [1.29, 1.82) is 0 Å². The zero-order chi connectivity index (χ0) is 19.5. The summed E-state index contributed by atoms with van der Waals surface area (Å²) >= 11 is 0. The molecule has 4 aromatic rings. The lowest BCUT2D eigenvalue weighted by Crippen LogP contribution is -2.33. The minimum Gasteiger partial charge on any atom is -0.338 e. The van der Waals surface area contributed by atoms with Crippen molar-refractivity contribution >= 4 is 0 Å². The van der Waals surface area contributed by atoms with E-state index in [1.807, 2.05) is 18.2 Å². The molecule has 1 aliphatic rings. The molecule has 144 valence electrons. The summed E-state index contributed by atoms with van der Waals surface area (Å²) in [7, 11) is 0. The van der Waals surface area contributed by atoms with Crippen molar-refractivity contribution in [2.75, 3.05) is 6.54 Å². The fraction of sp³-hybridized carbons (Fsp3) is 0.200. The van der Waals surface area contributed by atoms with Gasteiger partial charge in [-0.1, -0.05) is 90.1 Å². The Hall–Kier alpha value is -3.24. The maximum Gasteiger partial charge on any atom is 0.240 e. The lowest BCUT2D eigenvalue weighted by molar-refractivity contribution is 0.200. The second-order valence-electron chi connectivity index (χ2n) is 7.60. The summed E-state index contributed by atoms with van der Waals surface area (Å²) in [5.74, 6) is 1.78. The number of rotatable bonds is 5. The van der Waals surface area contributed by atoms with Crippen LogP contribution < -0.4 is 0 Å². The highest BCUT2D eigenvalue weighted by Crippen LogP contribution is 2.33. The van der Waals surface area contributed by atoms with Gasteiger partial charge >= 0.3 is 0 Å². The molecule has 1 unspecified atom stereocenters. The van der Waals surface area contributed by atoms with Gasteiger partial charge in [-0.2, -0.15) is 4.98 Å². The third kappa shape index (κ3) is 3.98. The van der Waals surface area contributed by atoms with Crippen molar-refractivity contribution in [3.05, 3.63) is 119 Å². The van der Waals surface area contributed by atoms with Crippen LogP contribution in [0.2, 0.25) is 0 Å². The van der Waals surface area contributed by atoms with Crippen molar-refractivity contribution < 1.29 is 4.52 Å². The van der Waals surface area contributed by atoms with Gasteiger partial charge in [0.1, 0.15) is 0 Å². The largest absolute Gasteiger partial charge is 0.338 e. The average molecular weight is 381 g/mol. The van der Waals surface area contributed by atoms with Crippen molar-refractivity contribution in [3.63, 3.8) is 0 Å². The molecule has 5 rings (SSSR count). The third-order valence-corrected chi connectivity index (χ3v) is 5.54. The summed E-state index contributed by atoms with van der Waals surface area (Å²) in [6.07, 6.45) is 0.694. The maximum absolute atomic E-state index is 5.57. The molecule has 4 nitrogen and oxygen atoms in total. The van der Waals surface area contributed by atoms with Gasteiger partial charge in [0.25, 0.3) is 0 Å². The number of fused-ring (bicyclic) bond motifs is 1. The van der Waals surface area contributed by atoms with E-state index in [1.165, 1.54) is 22.3 Å². The molecule has 4 heteroatoms. The summed E-state index contributed by atoms with van der Waals surface area (Å²) in [6, 6.07) is 29.7. The Bertz CT molecular complexity index is 1080. The molecule has 2 heterocycles. The number of hydrogen-bond acceptors (Lipinski definition) is 4. The molecule has 1 atom stereocenters. The van der Waals surface area contributed by atoms with Gasteiger partial charge in [0.05, 0.1) is 6.54 Å². The molecular weight excluding hydrogens is 358 g/mol. The third-order valence-electron chi connectivity index (χ3n) is 5.54. The van der Waals surface area contributed by atoms with E-state index < -0.39 is 0 Å². The van der Waals surface area contributed by atoms with Gasteiger partial charge in [0, 0.05) is 25.4 Å². The minimum absolute atomic E-state index is 0.355. The lowest BCUT2D eigenvalue weighted by Gasteiger charge is -2.34. The molecule has 0 spiro atoms. The first-order valence-corrected chi connectivity index (χ1v) is 10.1. The Labute approximate surface area is 170 Å². The number of benzene rings is 3. The van der Waals surface area contributed by atoms with Crippen molar-refractivity contribution in [3.8, 4) is 0 Å². The highest BCUT2D eigenvalue weighted by molar-refractivity contribution is 5.40. The van der Waals surface area contributed by atoms with Crippen LogP contribution >= 0.6 is 0 Å². The Balaban J connectivity index is 1.35. The van der Waals surface area contributed by atoms with Crippen LogP contribution in [0.3, 0.4) is 0 Å². The first kappa shape index (κ1) is 17.8. The standard InChI is InChI=1S/C25H23N3O/c1-3-9-19(10-4-1)15-24-26-25(29-27-24)18-28-16-21-13-7-8-14-22(21)23(17-28)20-11-5-2-6-12-20/h1-14,23H,15-18H2. The van der Waals surface area contributed by atoms with E-state index in [9.17, 15) is 0 Å². The quantitative estimate of drug-likeness (QED) is 0.498. The molecule has 1 aliphatic heterocycles. The summed E-state index contributed by atoms with van der Waals surface area (Å²) in [5, 5.41) is 4.19. The van der Waals surface area contributed by atoms with Gasteiger partial charge in [-0.25, -0.2) is 0 Å². The summed E-state index contributed by atoms with van der Waals surface area (Å²) in [6.45, 7) is 2.51. The van der Waals surface area contributed by atoms with Crippen molar-refractivity contribution in [2.45, 2.75) is 25.4 Å². The number of aromatic nitrogens is 2. The number of hydrogen-bond donors (Lipinski definition) is 0. The maximum atomic E-state index is 5.57. The van der Waals surface area contributed by atoms with Crippen LogP contribution in [0.1, 0.15) is 39.9 Å². The molecule has 0 aliphatic carbocycles. The van der Waals surface area contributed by atoms with Crippen LogP contribution in [-0.2, 0) is 19.5 Å². The molecule has 0 bridgehead atoms. The first-order valence-electron chi connectivity index (χ1n) is 10.1. The molecule has 0 radical (unpaired) electrons. The van der Waals surface area contributed by atoms with Crippen molar-refractivity contribution in [2.24, 2.45) is 0 Å². The van der Waals surface area contributed by atoms with Crippen molar-refractivity contribution in [1.82, 2.24) is 15.0 Å². The molecular formula is C25H23N3O. The Morgan fingerprint density at radius 3 is 2.41 bits per heavy atom. The highest BCUT2D eigenvalue weighted by atomic mass is 16.5. The molecule has 0 saturated heterocycles. The molecule has 29 heavy (non-hydrogen) atoms. The molecule has 0 amide bonds. The first-order chi connectivity index (χ1) is 14.3. The summed E-state index contributed by atoms with van der Waals surface area (Å²) < 4.78 is 5.57. The van der Waals surface area contributed by atoms with Gasteiger partial charge < -0.3 is 4.52 Å². The highest BCUT2D eigenvalue weighted by Gasteiger charge is 2.27. The number of nitrogens with zero attached hydrogens (tertiary/aromatic N) is 3. The molecule has 0 fully saturated rings. The van der Waals surface area contributed by atoms with Crippen LogP contribution in [0.5, 0.6) is 0 Å². The average Bonchev–Trinajstić information content (AvgIpc) is 3.21. The van der Waals surface area contributed by atoms with E-state index >= 15 is 0 Å². The summed E-state index contributed by atoms with van der Waals surface area (Å²) in [4.78, 5) is 7.04. The van der Waals surface area contributed by atoms with E-state index in [1.54, 1.807) is 0 Å². The zero-order valence-corrected chi connectivity index (χ0v) is 16.2. The topological polar surface area (TPSA) is 42.2 Å². The predicted molar refractivity (Wildman–Crippen MR) is 112 cm³/mol. The van der Waals surface area contributed by atoms with E-state index in [-0.39, 0.29) is 0 Å². The van der Waals surface area contributed by atoms with E-state index in [4.69, 9.17) is 4.52 Å². The molecule has 0 saturated carbocycles. The van der Waals surface area contributed by atoms with Crippen LogP contribution in [-0.4, -0.2) is 21.6 Å². The lowest BCUT2D eigenvalue weighted by atomic mass is 9.85. The van der Waals surface area contributed by atoms with Crippen LogP contribution in [0, 0.1) is 0 Å². The van der Waals surface area contributed by atoms with Gasteiger partial charge in [-0.05, 0) is 22.3 Å². The minimum atomic E-state index is 0.355. The zero-order valence-electron chi connectivity index (χ0n) is 16.2. The Morgan fingerprint density at radius 2 is 1.59 bits per heavy atom. The Morgan fingerprint density at radius 1 is 0.862 bits per heavy atom. The predicted octanol–water partition coefficient (Wildman–Crippen LogP) is 4.81. The van der Waals surface area contributed by atoms with Crippen LogP contribution in [0.25, 0.3) is 0 Å². The molecule has 1 aromatic heterocycles. The fourth-order valence-corrected chi connectivity index (χ4v) is 4.17. The van der Waals surface area contributed by atoms with Gasteiger partial charge in [0.2, 0.25) is 5.89 Å². The summed E-state index contributed by atoms with van der Waals surface area (Å²) in [5.41, 5.74) is 5.33. The van der Waals surface area contributed by atoms with Gasteiger partial charge in [-0.3, -0.25) is 4.90 Å². The van der Waals surface area contributed by atoms with Crippen LogP contribution in [0.4, 0.5) is 0 Å².